The Hall–Kier alpha value is -2.03. The first-order valence-electron chi connectivity index (χ1n) is 9.81. The average Bonchev–Trinajstić information content (AvgIpc) is 3.12. The second kappa shape index (κ2) is 7.92. The molecule has 1 aromatic carbocycles. The zero-order chi connectivity index (χ0) is 18.8. The number of carbonyl (C=O) groups excluding carboxylic acids is 1. The van der Waals surface area contributed by atoms with Crippen molar-refractivity contribution in [3.8, 4) is 0 Å². The molecule has 1 saturated carbocycles. The number of nitrogens with one attached hydrogen (secondary N) is 2. The van der Waals surface area contributed by atoms with Gasteiger partial charge in [-0.3, -0.25) is 25.2 Å². The molecule has 8 nitrogen and oxygen atoms in total. The smallest absolute Gasteiger partial charge is 0.241 e. The lowest BCUT2D eigenvalue weighted by Crippen LogP contribution is -2.55. The Kier molecular flexibility index (Phi) is 5.38. The molecule has 4 rings (SSSR count). The van der Waals surface area contributed by atoms with Gasteiger partial charge < -0.3 is 4.90 Å². The third kappa shape index (κ3) is 3.97. The van der Waals surface area contributed by atoms with E-state index in [1.807, 2.05) is 23.1 Å². The van der Waals surface area contributed by atoms with Gasteiger partial charge in [0.15, 0.2) is 0 Å². The van der Waals surface area contributed by atoms with Gasteiger partial charge in [0.2, 0.25) is 11.9 Å². The molecular weight excluding hydrogens is 346 g/mol. The van der Waals surface area contributed by atoms with Crippen molar-refractivity contribution >= 4 is 5.91 Å². The summed E-state index contributed by atoms with van der Waals surface area (Å²) in [5, 5.41) is 11.2. The van der Waals surface area contributed by atoms with Crippen LogP contribution in [0.15, 0.2) is 30.3 Å². The normalized spacial score (nSPS) is 31.5. The van der Waals surface area contributed by atoms with Gasteiger partial charge in [0.1, 0.15) is 6.04 Å². The molecule has 2 heterocycles. The quantitative estimate of drug-likeness (QED) is 0.594. The molecule has 146 valence electrons. The second-order valence-corrected chi connectivity index (χ2v) is 7.88. The van der Waals surface area contributed by atoms with Crippen molar-refractivity contribution in [3.63, 3.8) is 0 Å². The van der Waals surface area contributed by atoms with Crippen molar-refractivity contribution in [2.24, 2.45) is 5.92 Å². The van der Waals surface area contributed by atoms with Crippen LogP contribution in [0.4, 0.5) is 0 Å². The minimum Gasteiger partial charge on any atom is -0.339 e. The zero-order valence-electron chi connectivity index (χ0n) is 15.4. The van der Waals surface area contributed by atoms with Crippen LogP contribution in [0.25, 0.3) is 0 Å². The van der Waals surface area contributed by atoms with Gasteiger partial charge in [-0.2, -0.15) is 0 Å². The Morgan fingerprint density at radius 3 is 2.56 bits per heavy atom. The monoisotopic (exact) mass is 373 g/mol. The number of hydrogen-bond donors (Lipinski definition) is 2. The molecule has 27 heavy (non-hydrogen) atoms. The first-order valence-corrected chi connectivity index (χ1v) is 9.81. The summed E-state index contributed by atoms with van der Waals surface area (Å²) in [5.41, 5.74) is 7.61. The summed E-state index contributed by atoms with van der Waals surface area (Å²) in [5.74, 6) is 0.0855. The first kappa shape index (κ1) is 18.3. The molecule has 0 aromatic heterocycles. The highest BCUT2D eigenvalue weighted by atomic mass is 16.6. The van der Waals surface area contributed by atoms with E-state index in [0.717, 1.165) is 26.1 Å². The van der Waals surface area contributed by atoms with Crippen LogP contribution in [0.1, 0.15) is 24.8 Å². The van der Waals surface area contributed by atoms with E-state index in [0.29, 0.717) is 25.9 Å². The van der Waals surface area contributed by atoms with Gasteiger partial charge in [-0.1, -0.05) is 30.3 Å². The fraction of sp³-hybridized carbons (Fsp3) is 0.632. The molecule has 1 aromatic rings. The minimum atomic E-state index is -0.522. The molecule has 4 unspecified atom stereocenters. The summed E-state index contributed by atoms with van der Waals surface area (Å²) in [6.07, 6.45) is 1.81. The van der Waals surface area contributed by atoms with E-state index in [1.54, 1.807) is 0 Å². The van der Waals surface area contributed by atoms with Gasteiger partial charge in [-0.05, 0) is 12.0 Å². The average molecular weight is 373 g/mol. The number of fused-ring (bicyclic) bond motifs is 1. The standard InChI is InChI=1S/C19H27N5O3/c25-19(18-16-12-15(24(26)27)6-7-17(16)20-21-18)23-10-8-22(9-11-23)13-14-4-2-1-3-5-14/h1-5,15-18,20-21H,6-13H2. The number of piperazine rings is 1. The number of carbonyl (C=O) groups is 1. The van der Waals surface area contributed by atoms with Crippen LogP contribution in [-0.2, 0) is 11.3 Å². The van der Waals surface area contributed by atoms with E-state index in [9.17, 15) is 14.9 Å². The summed E-state index contributed by atoms with van der Waals surface area (Å²) in [6.45, 7) is 4.03. The number of rotatable bonds is 4. The maximum absolute atomic E-state index is 13.0. The van der Waals surface area contributed by atoms with E-state index < -0.39 is 6.04 Å². The fourth-order valence-electron chi connectivity index (χ4n) is 4.63. The van der Waals surface area contributed by atoms with Gasteiger partial charge >= 0.3 is 0 Å². The van der Waals surface area contributed by atoms with Gasteiger partial charge in [-0.25, -0.2) is 5.43 Å². The highest BCUT2D eigenvalue weighted by Gasteiger charge is 2.47. The second-order valence-electron chi connectivity index (χ2n) is 7.88. The molecule has 1 aliphatic carbocycles. The maximum Gasteiger partial charge on any atom is 0.241 e. The number of hydrazine groups is 1. The van der Waals surface area contributed by atoms with E-state index >= 15 is 0 Å². The van der Waals surface area contributed by atoms with Crippen molar-refractivity contribution < 1.29 is 9.72 Å². The molecule has 8 heteroatoms. The van der Waals surface area contributed by atoms with Gasteiger partial charge in [0, 0.05) is 62.4 Å². The number of hydrogen-bond acceptors (Lipinski definition) is 6. The molecule has 3 fully saturated rings. The fourth-order valence-corrected chi connectivity index (χ4v) is 4.63. The van der Waals surface area contributed by atoms with E-state index in [4.69, 9.17) is 0 Å². The molecule has 4 atom stereocenters. The van der Waals surface area contributed by atoms with Crippen LogP contribution in [0.5, 0.6) is 0 Å². The van der Waals surface area contributed by atoms with Crippen LogP contribution in [0, 0.1) is 16.0 Å². The van der Waals surface area contributed by atoms with E-state index in [2.05, 4.69) is 27.9 Å². The number of nitrogens with zero attached hydrogens (tertiary/aromatic N) is 3. The molecule has 0 radical (unpaired) electrons. The number of nitro groups is 1. The van der Waals surface area contributed by atoms with Crippen LogP contribution in [0.3, 0.4) is 0 Å². The minimum absolute atomic E-state index is 0.00370. The largest absolute Gasteiger partial charge is 0.339 e. The van der Waals surface area contributed by atoms with Gasteiger partial charge in [-0.15, -0.1) is 0 Å². The molecule has 0 spiro atoms. The molecule has 2 aliphatic heterocycles. The topological polar surface area (TPSA) is 90.7 Å². The van der Waals surface area contributed by atoms with E-state index in [-0.39, 0.29) is 28.8 Å². The molecule has 3 aliphatic rings. The predicted molar refractivity (Wildman–Crippen MR) is 100 cm³/mol. The van der Waals surface area contributed by atoms with Crippen molar-refractivity contribution in [2.45, 2.75) is 43.9 Å². The summed E-state index contributed by atoms with van der Waals surface area (Å²) < 4.78 is 0. The Morgan fingerprint density at radius 1 is 1.11 bits per heavy atom. The Morgan fingerprint density at radius 2 is 1.85 bits per heavy atom. The first-order chi connectivity index (χ1) is 13.1. The molecule has 2 N–H and O–H groups in total. The Labute approximate surface area is 159 Å². The number of amides is 1. The van der Waals surface area contributed by atoms with Crippen molar-refractivity contribution in [1.82, 2.24) is 20.7 Å². The molecule has 1 amide bonds. The third-order valence-corrected chi connectivity index (χ3v) is 6.22. The highest BCUT2D eigenvalue weighted by molar-refractivity contribution is 5.82. The van der Waals surface area contributed by atoms with Crippen LogP contribution < -0.4 is 10.9 Å². The summed E-state index contributed by atoms with van der Waals surface area (Å²) >= 11 is 0. The van der Waals surface area contributed by atoms with Crippen molar-refractivity contribution in [3.05, 3.63) is 46.0 Å². The lowest BCUT2D eigenvalue weighted by Gasteiger charge is -2.37. The third-order valence-electron chi connectivity index (χ3n) is 6.22. The Balaban J connectivity index is 1.32. The van der Waals surface area contributed by atoms with Crippen LogP contribution >= 0.6 is 0 Å². The number of benzene rings is 1. The predicted octanol–water partition coefficient (Wildman–Crippen LogP) is 0.621. The van der Waals surface area contributed by atoms with Crippen LogP contribution in [0.2, 0.25) is 0 Å². The van der Waals surface area contributed by atoms with E-state index in [1.165, 1.54) is 5.56 Å². The summed E-state index contributed by atoms with van der Waals surface area (Å²) in [4.78, 5) is 28.3. The van der Waals surface area contributed by atoms with Gasteiger partial charge in [0.05, 0.1) is 0 Å². The molecular formula is C19H27N5O3. The van der Waals surface area contributed by atoms with Crippen molar-refractivity contribution in [1.29, 1.82) is 0 Å². The van der Waals surface area contributed by atoms with Crippen molar-refractivity contribution in [2.75, 3.05) is 26.2 Å². The SMILES string of the molecule is O=C(C1NNC2CCC([N+](=O)[O-])CC21)N1CCN(Cc2ccccc2)CC1. The maximum atomic E-state index is 13.0. The summed E-state index contributed by atoms with van der Waals surface area (Å²) in [7, 11) is 0. The van der Waals surface area contributed by atoms with Crippen LogP contribution in [-0.4, -0.2) is 64.9 Å². The lowest BCUT2D eigenvalue weighted by atomic mass is 9.79. The highest BCUT2D eigenvalue weighted by Crippen LogP contribution is 2.32. The molecule has 2 saturated heterocycles. The zero-order valence-corrected chi connectivity index (χ0v) is 15.4. The molecule has 0 bridgehead atoms. The van der Waals surface area contributed by atoms with Gasteiger partial charge in [0.25, 0.3) is 0 Å². The Bertz CT molecular complexity index is 677. The summed E-state index contributed by atoms with van der Waals surface area (Å²) in [6, 6.07) is 9.66. The lowest BCUT2D eigenvalue weighted by molar-refractivity contribution is -0.528.